The molecule has 0 unspecified atom stereocenters. The Bertz CT molecular complexity index is 570. The summed E-state index contributed by atoms with van der Waals surface area (Å²) in [7, 11) is 0. The number of carbonyl (C=O) groups is 1. The first-order valence-corrected chi connectivity index (χ1v) is 7.66. The molecule has 0 aliphatic rings. The third-order valence-electron chi connectivity index (χ3n) is 2.72. The maximum atomic E-state index is 12.0. The van der Waals surface area contributed by atoms with Crippen LogP contribution in [0.15, 0.2) is 35.2 Å². The van der Waals surface area contributed by atoms with Crippen LogP contribution in [0.5, 0.6) is 0 Å². The Kier molecular flexibility index (Phi) is 4.25. The minimum Gasteiger partial charge on any atom is -0.292 e. The van der Waals surface area contributed by atoms with E-state index in [9.17, 15) is 4.79 Å². The topological polar surface area (TPSA) is 17.1 Å². The lowest BCUT2D eigenvalue weighted by molar-refractivity contribution is 0.102. The van der Waals surface area contributed by atoms with Gasteiger partial charge in [-0.05, 0) is 44.5 Å². The number of thiophene rings is 1. The molecule has 2 rings (SSSR count). The fraction of sp³-hybridized carbons (Fsp3) is 0.267. The van der Waals surface area contributed by atoms with Crippen molar-refractivity contribution in [2.24, 2.45) is 0 Å². The van der Waals surface area contributed by atoms with Crippen LogP contribution < -0.4 is 0 Å². The van der Waals surface area contributed by atoms with Gasteiger partial charge in [0.1, 0.15) is 0 Å². The average molecular weight is 276 g/mol. The van der Waals surface area contributed by atoms with Crippen molar-refractivity contribution in [1.82, 2.24) is 0 Å². The second-order valence-corrected chi connectivity index (χ2v) is 6.70. The fourth-order valence-electron chi connectivity index (χ4n) is 1.66. The van der Waals surface area contributed by atoms with Crippen LogP contribution in [-0.4, -0.2) is 11.5 Å². The number of hydrogen-bond acceptors (Lipinski definition) is 3. The van der Waals surface area contributed by atoms with Crippen LogP contribution in [0.3, 0.4) is 0 Å². The Balaban J connectivity index is 2.03. The van der Waals surface area contributed by atoms with E-state index in [0.717, 1.165) is 4.88 Å². The van der Waals surface area contributed by atoms with Crippen molar-refractivity contribution in [3.8, 4) is 0 Å². The number of thioether (sulfide) groups is 1. The highest BCUT2D eigenvalue weighted by atomic mass is 32.2. The van der Waals surface area contributed by atoms with Crippen molar-refractivity contribution in [1.29, 1.82) is 0 Å². The van der Waals surface area contributed by atoms with E-state index in [1.54, 1.807) is 23.1 Å². The molecule has 0 fully saturated rings. The molecule has 1 heterocycles. The van der Waals surface area contributed by atoms with Crippen LogP contribution in [0.4, 0.5) is 0 Å². The van der Waals surface area contributed by atoms with Gasteiger partial charge in [-0.2, -0.15) is 0 Å². The van der Waals surface area contributed by atoms with Gasteiger partial charge in [-0.25, -0.2) is 0 Å². The number of aryl methyl sites for hydroxylation is 3. The summed E-state index contributed by atoms with van der Waals surface area (Å²) in [5.74, 6) is 0.739. The Hall–Kier alpha value is -1.06. The van der Waals surface area contributed by atoms with Crippen LogP contribution in [0.25, 0.3) is 0 Å². The predicted molar refractivity (Wildman–Crippen MR) is 80.0 cm³/mol. The van der Waals surface area contributed by atoms with Gasteiger partial charge >= 0.3 is 0 Å². The minimum absolute atomic E-state index is 0.221. The quantitative estimate of drug-likeness (QED) is 0.597. The molecule has 0 aliphatic carbocycles. The Morgan fingerprint density at radius 3 is 2.61 bits per heavy atom. The molecule has 18 heavy (non-hydrogen) atoms. The summed E-state index contributed by atoms with van der Waals surface area (Å²) in [5.41, 5.74) is 2.48. The number of hydrogen-bond donors (Lipinski definition) is 0. The monoisotopic (exact) mass is 276 g/mol. The molecule has 0 saturated carbocycles. The van der Waals surface area contributed by atoms with Crippen LogP contribution in [0, 0.1) is 20.8 Å². The number of carbonyl (C=O) groups excluding carboxylic acids is 1. The summed E-state index contributed by atoms with van der Waals surface area (Å²) in [6, 6.07) is 10.3. The smallest absolute Gasteiger partial charge is 0.182 e. The highest BCUT2D eigenvalue weighted by molar-refractivity contribution is 8.00. The molecule has 2 aromatic rings. The first-order valence-electron chi connectivity index (χ1n) is 5.86. The van der Waals surface area contributed by atoms with Crippen LogP contribution in [0.2, 0.25) is 0 Å². The van der Waals surface area contributed by atoms with E-state index in [1.807, 2.05) is 19.1 Å². The molecule has 0 N–H and O–H groups in total. The van der Waals surface area contributed by atoms with Crippen molar-refractivity contribution in [2.75, 3.05) is 5.75 Å². The first kappa shape index (κ1) is 13.4. The summed E-state index contributed by atoms with van der Waals surface area (Å²) in [6.45, 7) is 6.19. The van der Waals surface area contributed by atoms with E-state index < -0.39 is 0 Å². The molecule has 1 nitrogen and oxygen atoms in total. The molecule has 0 saturated heterocycles. The third kappa shape index (κ3) is 3.24. The van der Waals surface area contributed by atoms with E-state index in [4.69, 9.17) is 0 Å². The van der Waals surface area contributed by atoms with E-state index in [1.165, 1.54) is 20.9 Å². The van der Waals surface area contributed by atoms with E-state index in [-0.39, 0.29) is 5.78 Å². The van der Waals surface area contributed by atoms with Gasteiger partial charge in [0.2, 0.25) is 0 Å². The van der Waals surface area contributed by atoms with Crippen molar-refractivity contribution in [3.63, 3.8) is 0 Å². The number of Topliss-reactive ketones (excluding diaryl/α,β-unsaturated/α-hetero) is 1. The molecule has 0 aliphatic heterocycles. The zero-order chi connectivity index (χ0) is 13.1. The summed E-state index contributed by atoms with van der Waals surface area (Å²) < 4.78 is 0. The van der Waals surface area contributed by atoms with Crippen molar-refractivity contribution < 1.29 is 4.79 Å². The summed E-state index contributed by atoms with van der Waals surface area (Å²) in [5, 5.41) is 0. The highest BCUT2D eigenvalue weighted by Crippen LogP contribution is 2.25. The first-order chi connectivity index (χ1) is 8.56. The second-order valence-electron chi connectivity index (χ2n) is 4.39. The van der Waals surface area contributed by atoms with Gasteiger partial charge in [-0.15, -0.1) is 23.1 Å². The number of benzene rings is 1. The van der Waals surface area contributed by atoms with Crippen LogP contribution in [-0.2, 0) is 0 Å². The average Bonchev–Trinajstić information content (AvgIpc) is 2.77. The SMILES string of the molecule is Cc1ccc(C)c(SCC(=O)c2ccc(C)s2)c1. The normalized spacial score (nSPS) is 10.6. The standard InChI is InChI=1S/C15H16OS2/c1-10-4-5-11(2)15(8-10)17-9-13(16)14-7-6-12(3)18-14/h4-8H,9H2,1-3H3. The Morgan fingerprint density at radius 1 is 1.17 bits per heavy atom. The summed E-state index contributed by atoms with van der Waals surface area (Å²) >= 11 is 3.21. The maximum Gasteiger partial charge on any atom is 0.182 e. The van der Waals surface area contributed by atoms with Gasteiger partial charge in [0.15, 0.2) is 5.78 Å². The van der Waals surface area contributed by atoms with Crippen molar-refractivity contribution in [3.05, 3.63) is 51.2 Å². The van der Waals surface area contributed by atoms with E-state index in [0.29, 0.717) is 5.75 Å². The van der Waals surface area contributed by atoms with Crippen LogP contribution in [0.1, 0.15) is 25.7 Å². The van der Waals surface area contributed by atoms with Crippen molar-refractivity contribution in [2.45, 2.75) is 25.7 Å². The van der Waals surface area contributed by atoms with Crippen molar-refractivity contribution >= 4 is 28.9 Å². The molecule has 3 heteroatoms. The fourth-order valence-corrected chi connectivity index (χ4v) is 3.57. The molecule has 0 bridgehead atoms. The Morgan fingerprint density at radius 2 is 1.94 bits per heavy atom. The van der Waals surface area contributed by atoms with E-state index in [2.05, 4.69) is 32.0 Å². The predicted octanol–water partition coefficient (Wildman–Crippen LogP) is 4.65. The molecule has 1 aromatic carbocycles. The van der Waals surface area contributed by atoms with Gasteiger partial charge in [0.05, 0.1) is 10.6 Å². The lowest BCUT2D eigenvalue weighted by Gasteiger charge is -2.05. The molecular weight excluding hydrogens is 260 g/mol. The maximum absolute atomic E-state index is 12.0. The molecule has 1 aromatic heterocycles. The second kappa shape index (κ2) is 5.72. The van der Waals surface area contributed by atoms with Gasteiger partial charge in [-0.3, -0.25) is 4.79 Å². The van der Waals surface area contributed by atoms with Gasteiger partial charge < -0.3 is 0 Å². The lowest BCUT2D eigenvalue weighted by atomic mass is 10.2. The zero-order valence-corrected chi connectivity index (χ0v) is 12.5. The van der Waals surface area contributed by atoms with Gasteiger partial charge in [0.25, 0.3) is 0 Å². The lowest BCUT2D eigenvalue weighted by Crippen LogP contribution is -1.99. The highest BCUT2D eigenvalue weighted by Gasteiger charge is 2.09. The molecule has 0 radical (unpaired) electrons. The minimum atomic E-state index is 0.221. The molecule has 0 atom stereocenters. The zero-order valence-electron chi connectivity index (χ0n) is 10.8. The van der Waals surface area contributed by atoms with Gasteiger partial charge in [0, 0.05) is 9.77 Å². The number of ketones is 1. The van der Waals surface area contributed by atoms with Crippen LogP contribution >= 0.6 is 23.1 Å². The largest absolute Gasteiger partial charge is 0.292 e. The third-order valence-corrected chi connectivity index (χ3v) is 4.92. The number of rotatable bonds is 4. The molecular formula is C15H16OS2. The van der Waals surface area contributed by atoms with E-state index >= 15 is 0 Å². The molecule has 0 amide bonds. The van der Waals surface area contributed by atoms with Gasteiger partial charge in [-0.1, -0.05) is 17.7 Å². The molecule has 0 spiro atoms. The molecule has 94 valence electrons. The summed E-state index contributed by atoms with van der Waals surface area (Å²) in [4.78, 5) is 15.3. The summed E-state index contributed by atoms with van der Waals surface area (Å²) in [6.07, 6.45) is 0. The Labute approximate surface area is 116 Å².